The second-order valence-corrected chi connectivity index (χ2v) is 5.35. The lowest BCUT2D eigenvalue weighted by molar-refractivity contribution is 0.258. The first-order valence-electron chi connectivity index (χ1n) is 7.20. The second kappa shape index (κ2) is 7.94. The van der Waals surface area contributed by atoms with Crippen LogP contribution in [0.5, 0.6) is 5.75 Å². The molecule has 0 saturated heterocycles. The van der Waals surface area contributed by atoms with E-state index in [2.05, 4.69) is 11.4 Å². The van der Waals surface area contributed by atoms with Crippen LogP contribution in [-0.2, 0) is 0 Å². The molecule has 0 aliphatic heterocycles. The van der Waals surface area contributed by atoms with Crippen molar-refractivity contribution in [1.82, 2.24) is 5.32 Å². The molecule has 0 aliphatic rings. The Morgan fingerprint density at radius 3 is 2.67 bits per heavy atom. The molecule has 0 amide bonds. The topological polar surface area (TPSA) is 45.0 Å². The van der Waals surface area contributed by atoms with Crippen LogP contribution >= 0.6 is 0 Å². The van der Waals surface area contributed by atoms with E-state index >= 15 is 0 Å². The summed E-state index contributed by atoms with van der Waals surface area (Å²) in [5.74, 6) is -1.99. The molecule has 5 heteroatoms. The molecule has 0 heterocycles. The van der Waals surface area contributed by atoms with E-state index in [1.54, 1.807) is 0 Å². The summed E-state index contributed by atoms with van der Waals surface area (Å²) in [7, 11) is 0. The average molecular weight is 296 g/mol. The van der Waals surface area contributed by atoms with Crippen molar-refractivity contribution in [2.45, 2.75) is 51.6 Å². The lowest BCUT2D eigenvalue weighted by Crippen LogP contribution is -2.47. The Labute approximate surface area is 124 Å². The molecule has 0 spiro atoms. The molecule has 1 atom stereocenters. The summed E-state index contributed by atoms with van der Waals surface area (Å²) in [6, 6.07) is 6.36. The van der Waals surface area contributed by atoms with Gasteiger partial charge in [-0.15, -0.1) is 0 Å². The van der Waals surface area contributed by atoms with Crippen LogP contribution in [0.4, 0.5) is 8.78 Å². The summed E-state index contributed by atoms with van der Waals surface area (Å²) in [5, 5.41) is 12.6. The van der Waals surface area contributed by atoms with Crippen LogP contribution in [0.2, 0.25) is 0 Å². The summed E-state index contributed by atoms with van der Waals surface area (Å²) in [4.78, 5) is 0. The molecule has 1 unspecified atom stereocenters. The first-order chi connectivity index (χ1) is 9.94. The Morgan fingerprint density at radius 1 is 1.38 bits per heavy atom. The quantitative estimate of drug-likeness (QED) is 0.742. The molecule has 1 rings (SSSR count). The average Bonchev–Trinajstić information content (AvgIpc) is 2.46. The minimum absolute atomic E-state index is 0.0918. The van der Waals surface area contributed by atoms with E-state index in [0.717, 1.165) is 6.07 Å². The third-order valence-corrected chi connectivity index (χ3v) is 3.30. The van der Waals surface area contributed by atoms with Gasteiger partial charge in [0.05, 0.1) is 12.7 Å². The van der Waals surface area contributed by atoms with Crippen LogP contribution in [0, 0.1) is 23.0 Å². The standard InChI is InChI=1S/C16H22F2N2O/c1-4-16(11-19,20-12(2)3)9-6-10-21-14-8-5-7-13(17)15(14)18/h5,7-8,12,20H,4,6,9-10H2,1-3H3. The van der Waals surface area contributed by atoms with Crippen molar-refractivity contribution in [2.24, 2.45) is 0 Å². The summed E-state index contributed by atoms with van der Waals surface area (Å²) >= 11 is 0. The maximum absolute atomic E-state index is 13.4. The van der Waals surface area contributed by atoms with Crippen molar-refractivity contribution >= 4 is 0 Å². The number of hydrogen-bond acceptors (Lipinski definition) is 3. The molecule has 21 heavy (non-hydrogen) atoms. The predicted octanol–water partition coefficient (Wildman–Crippen LogP) is 3.79. The van der Waals surface area contributed by atoms with Gasteiger partial charge in [0, 0.05) is 6.04 Å². The number of hydrogen-bond donors (Lipinski definition) is 1. The number of ether oxygens (including phenoxy) is 1. The minimum atomic E-state index is -0.972. The van der Waals surface area contributed by atoms with Gasteiger partial charge in [0.15, 0.2) is 11.6 Å². The third-order valence-electron chi connectivity index (χ3n) is 3.30. The first-order valence-corrected chi connectivity index (χ1v) is 7.20. The molecule has 0 saturated carbocycles. The summed E-state index contributed by atoms with van der Waals surface area (Å²) in [5.41, 5.74) is -0.599. The van der Waals surface area contributed by atoms with E-state index in [9.17, 15) is 14.0 Å². The molecule has 0 aromatic heterocycles. The van der Waals surface area contributed by atoms with E-state index < -0.39 is 17.2 Å². The summed E-state index contributed by atoms with van der Waals surface area (Å²) in [6.07, 6.45) is 1.85. The number of nitrogens with zero attached hydrogens (tertiary/aromatic N) is 1. The monoisotopic (exact) mass is 296 g/mol. The highest BCUT2D eigenvalue weighted by Crippen LogP contribution is 2.21. The van der Waals surface area contributed by atoms with Crippen molar-refractivity contribution in [3.63, 3.8) is 0 Å². The molecular formula is C16H22F2N2O. The molecule has 3 nitrogen and oxygen atoms in total. The van der Waals surface area contributed by atoms with Gasteiger partial charge in [-0.25, -0.2) is 4.39 Å². The smallest absolute Gasteiger partial charge is 0.200 e. The van der Waals surface area contributed by atoms with Crippen molar-refractivity contribution in [3.05, 3.63) is 29.8 Å². The van der Waals surface area contributed by atoms with Crippen LogP contribution in [0.25, 0.3) is 0 Å². The van der Waals surface area contributed by atoms with E-state index in [1.165, 1.54) is 12.1 Å². The van der Waals surface area contributed by atoms with Gasteiger partial charge in [0.25, 0.3) is 0 Å². The Bertz CT molecular complexity index is 500. The van der Waals surface area contributed by atoms with Crippen LogP contribution in [0.15, 0.2) is 18.2 Å². The molecule has 0 fully saturated rings. The van der Waals surface area contributed by atoms with Crippen molar-refractivity contribution < 1.29 is 13.5 Å². The zero-order valence-corrected chi connectivity index (χ0v) is 12.7. The maximum atomic E-state index is 13.4. The SMILES string of the molecule is CCC(C#N)(CCCOc1cccc(F)c1F)NC(C)C. The molecule has 1 aromatic carbocycles. The Balaban J connectivity index is 2.52. The zero-order valence-electron chi connectivity index (χ0n) is 12.7. The fraction of sp³-hybridized carbons (Fsp3) is 0.562. The zero-order chi connectivity index (χ0) is 15.9. The van der Waals surface area contributed by atoms with Gasteiger partial charge in [-0.05, 0) is 45.2 Å². The first kappa shape index (κ1) is 17.4. The molecular weight excluding hydrogens is 274 g/mol. The minimum Gasteiger partial charge on any atom is -0.490 e. The normalized spacial score (nSPS) is 13.8. The van der Waals surface area contributed by atoms with E-state index in [4.69, 9.17) is 4.74 Å². The van der Waals surface area contributed by atoms with Gasteiger partial charge < -0.3 is 4.74 Å². The Morgan fingerprint density at radius 2 is 2.10 bits per heavy atom. The maximum Gasteiger partial charge on any atom is 0.200 e. The fourth-order valence-electron chi connectivity index (χ4n) is 2.22. The van der Waals surface area contributed by atoms with E-state index in [0.29, 0.717) is 19.3 Å². The van der Waals surface area contributed by atoms with Gasteiger partial charge in [-0.1, -0.05) is 13.0 Å². The second-order valence-electron chi connectivity index (χ2n) is 5.35. The van der Waals surface area contributed by atoms with E-state index in [-0.39, 0.29) is 18.4 Å². The fourth-order valence-corrected chi connectivity index (χ4v) is 2.22. The summed E-state index contributed by atoms with van der Waals surface area (Å²) < 4.78 is 31.7. The van der Waals surface area contributed by atoms with Gasteiger partial charge in [-0.3, -0.25) is 5.32 Å². The van der Waals surface area contributed by atoms with Gasteiger partial charge in [0.2, 0.25) is 5.82 Å². The Kier molecular flexibility index (Phi) is 6.57. The van der Waals surface area contributed by atoms with Crippen LogP contribution in [0.1, 0.15) is 40.0 Å². The van der Waals surface area contributed by atoms with Gasteiger partial charge >= 0.3 is 0 Å². The highest BCUT2D eigenvalue weighted by Gasteiger charge is 2.27. The third kappa shape index (κ3) is 4.98. The van der Waals surface area contributed by atoms with Gasteiger partial charge in [0.1, 0.15) is 5.54 Å². The van der Waals surface area contributed by atoms with Crippen LogP contribution in [0.3, 0.4) is 0 Å². The van der Waals surface area contributed by atoms with Crippen molar-refractivity contribution in [2.75, 3.05) is 6.61 Å². The predicted molar refractivity (Wildman–Crippen MR) is 78.0 cm³/mol. The van der Waals surface area contributed by atoms with E-state index in [1.807, 2.05) is 20.8 Å². The lowest BCUT2D eigenvalue weighted by Gasteiger charge is -2.29. The highest BCUT2D eigenvalue weighted by atomic mass is 19.2. The number of nitriles is 1. The van der Waals surface area contributed by atoms with Gasteiger partial charge in [-0.2, -0.15) is 9.65 Å². The van der Waals surface area contributed by atoms with Crippen molar-refractivity contribution in [3.8, 4) is 11.8 Å². The summed E-state index contributed by atoms with van der Waals surface area (Å²) in [6.45, 7) is 6.16. The number of rotatable bonds is 8. The largest absolute Gasteiger partial charge is 0.490 e. The molecule has 0 radical (unpaired) electrons. The molecule has 0 aliphatic carbocycles. The molecule has 1 N–H and O–H groups in total. The van der Waals surface area contributed by atoms with Crippen molar-refractivity contribution in [1.29, 1.82) is 5.26 Å². The number of halogens is 2. The van der Waals surface area contributed by atoms with Crippen LogP contribution in [-0.4, -0.2) is 18.2 Å². The number of benzene rings is 1. The number of nitrogens with one attached hydrogen (secondary N) is 1. The lowest BCUT2D eigenvalue weighted by atomic mass is 9.91. The molecule has 1 aromatic rings. The molecule has 0 bridgehead atoms. The van der Waals surface area contributed by atoms with Crippen LogP contribution < -0.4 is 10.1 Å². The highest BCUT2D eigenvalue weighted by molar-refractivity contribution is 5.24. The Hall–Kier alpha value is -1.67. The molecule has 116 valence electrons.